The van der Waals surface area contributed by atoms with Crippen LogP contribution in [-0.4, -0.2) is 30.9 Å². The Labute approximate surface area is 146 Å². The normalized spacial score (nSPS) is 13.7. The predicted octanol–water partition coefficient (Wildman–Crippen LogP) is 3.10. The molecule has 0 bridgehead atoms. The molecule has 0 fully saturated rings. The van der Waals surface area contributed by atoms with Crippen LogP contribution in [0.25, 0.3) is 0 Å². The second-order valence-corrected chi connectivity index (χ2v) is 5.85. The Bertz CT molecular complexity index is 787. The number of carbonyl (C=O) groups excluding carboxylic acids is 2. The van der Waals surface area contributed by atoms with Crippen molar-refractivity contribution in [3.8, 4) is 11.5 Å². The topological polar surface area (TPSA) is 76.7 Å². The van der Waals surface area contributed by atoms with Gasteiger partial charge in [0.05, 0.1) is 0 Å². The highest BCUT2D eigenvalue weighted by Crippen LogP contribution is 2.32. The molecule has 1 atom stereocenters. The number of anilines is 2. The molecule has 1 amide bonds. The molecule has 1 heterocycles. The maximum atomic E-state index is 12.4. The second kappa shape index (κ2) is 7.25. The molecular weight excluding hydrogens is 320 g/mol. The van der Waals surface area contributed by atoms with Crippen molar-refractivity contribution in [1.29, 1.82) is 0 Å². The molecule has 2 aromatic carbocycles. The Morgan fingerprint density at radius 1 is 0.960 bits per heavy atom. The Morgan fingerprint density at radius 2 is 1.60 bits per heavy atom. The lowest BCUT2D eigenvalue weighted by atomic mass is 10.1. The highest BCUT2D eigenvalue weighted by Gasteiger charge is 2.16. The number of ketones is 1. The molecule has 25 heavy (non-hydrogen) atoms. The molecule has 0 unspecified atom stereocenters. The first-order valence-electron chi connectivity index (χ1n) is 8.11. The average Bonchev–Trinajstić information content (AvgIpc) is 2.62. The molecule has 1 aliphatic rings. The lowest BCUT2D eigenvalue weighted by Gasteiger charge is -2.20. The molecule has 0 radical (unpaired) electrons. The number of nitrogens with one attached hydrogen (secondary N) is 2. The molecule has 0 aromatic heterocycles. The summed E-state index contributed by atoms with van der Waals surface area (Å²) in [5, 5.41) is 5.96. The van der Waals surface area contributed by atoms with Crippen molar-refractivity contribution in [3.05, 3.63) is 48.0 Å². The Morgan fingerprint density at radius 3 is 2.28 bits per heavy atom. The van der Waals surface area contributed by atoms with Gasteiger partial charge in [-0.3, -0.25) is 9.59 Å². The average molecular weight is 340 g/mol. The number of fused-ring (bicyclic) bond motifs is 1. The number of Topliss-reactive ketones (excluding diaryl/α,β-unsaturated/α-hetero) is 1. The van der Waals surface area contributed by atoms with Crippen LogP contribution in [-0.2, 0) is 4.79 Å². The van der Waals surface area contributed by atoms with Crippen molar-refractivity contribution in [2.24, 2.45) is 0 Å². The highest BCUT2D eigenvalue weighted by atomic mass is 16.6. The molecule has 3 rings (SSSR count). The van der Waals surface area contributed by atoms with Gasteiger partial charge in [0, 0.05) is 23.0 Å². The molecule has 2 N–H and O–H groups in total. The van der Waals surface area contributed by atoms with Crippen LogP contribution < -0.4 is 20.1 Å². The molecule has 0 saturated carbocycles. The quantitative estimate of drug-likeness (QED) is 0.818. The fraction of sp³-hybridized carbons (Fsp3) is 0.263. The van der Waals surface area contributed by atoms with Gasteiger partial charge in [-0.2, -0.15) is 0 Å². The first kappa shape index (κ1) is 16.8. The minimum atomic E-state index is -0.448. The van der Waals surface area contributed by atoms with Gasteiger partial charge in [-0.25, -0.2) is 0 Å². The van der Waals surface area contributed by atoms with E-state index in [1.807, 2.05) is 0 Å². The number of hydrogen-bond acceptors (Lipinski definition) is 5. The monoisotopic (exact) mass is 340 g/mol. The van der Waals surface area contributed by atoms with Crippen molar-refractivity contribution < 1.29 is 19.1 Å². The van der Waals surface area contributed by atoms with Crippen molar-refractivity contribution in [2.75, 3.05) is 23.8 Å². The third kappa shape index (κ3) is 4.09. The number of ether oxygens (including phenoxy) is 2. The number of rotatable bonds is 5. The van der Waals surface area contributed by atoms with Gasteiger partial charge < -0.3 is 20.1 Å². The van der Waals surface area contributed by atoms with Gasteiger partial charge >= 0.3 is 0 Å². The van der Waals surface area contributed by atoms with Crippen LogP contribution >= 0.6 is 0 Å². The van der Waals surface area contributed by atoms with Crippen molar-refractivity contribution >= 4 is 23.1 Å². The maximum Gasteiger partial charge on any atom is 0.246 e. The largest absolute Gasteiger partial charge is 0.486 e. The minimum absolute atomic E-state index is 0.0101. The molecule has 1 aliphatic heterocycles. The third-order valence-electron chi connectivity index (χ3n) is 3.88. The van der Waals surface area contributed by atoms with Gasteiger partial charge in [-0.05, 0) is 50.2 Å². The third-order valence-corrected chi connectivity index (χ3v) is 3.88. The highest BCUT2D eigenvalue weighted by molar-refractivity contribution is 5.97. The van der Waals surface area contributed by atoms with Gasteiger partial charge in [0.1, 0.15) is 19.3 Å². The van der Waals surface area contributed by atoms with E-state index in [0.29, 0.717) is 36.0 Å². The molecule has 6 heteroatoms. The fourth-order valence-corrected chi connectivity index (χ4v) is 2.49. The van der Waals surface area contributed by atoms with Gasteiger partial charge in [-0.1, -0.05) is 0 Å². The molecule has 6 nitrogen and oxygen atoms in total. The van der Waals surface area contributed by atoms with Crippen molar-refractivity contribution in [2.45, 2.75) is 19.9 Å². The lowest BCUT2D eigenvalue weighted by molar-refractivity contribution is -0.116. The van der Waals surface area contributed by atoms with E-state index in [2.05, 4.69) is 10.6 Å². The summed E-state index contributed by atoms with van der Waals surface area (Å²) in [5.74, 6) is 1.15. The van der Waals surface area contributed by atoms with E-state index in [4.69, 9.17) is 9.47 Å². The Balaban J connectivity index is 1.61. The summed E-state index contributed by atoms with van der Waals surface area (Å²) in [4.78, 5) is 23.6. The SMILES string of the molecule is CC(=O)c1ccc(N[C@@H](C)C(=O)Nc2ccc3c(c2)OCCO3)cc1. The molecule has 0 aliphatic carbocycles. The molecular formula is C19H20N2O4. The summed E-state index contributed by atoms with van der Waals surface area (Å²) in [6.07, 6.45) is 0. The minimum Gasteiger partial charge on any atom is -0.486 e. The van der Waals surface area contributed by atoms with Crippen LogP contribution in [0.4, 0.5) is 11.4 Å². The smallest absolute Gasteiger partial charge is 0.246 e. The zero-order chi connectivity index (χ0) is 17.8. The number of benzene rings is 2. The zero-order valence-electron chi connectivity index (χ0n) is 14.2. The van der Waals surface area contributed by atoms with E-state index in [1.54, 1.807) is 49.4 Å². The summed E-state index contributed by atoms with van der Waals surface area (Å²) >= 11 is 0. The first-order valence-corrected chi connectivity index (χ1v) is 8.11. The summed E-state index contributed by atoms with van der Waals surface area (Å²) in [5.41, 5.74) is 2.06. The van der Waals surface area contributed by atoms with E-state index < -0.39 is 6.04 Å². The summed E-state index contributed by atoms with van der Waals surface area (Å²) in [7, 11) is 0. The lowest BCUT2D eigenvalue weighted by Crippen LogP contribution is -2.31. The Kier molecular flexibility index (Phi) is 4.88. The van der Waals surface area contributed by atoms with Crippen LogP contribution in [0, 0.1) is 0 Å². The fourth-order valence-electron chi connectivity index (χ4n) is 2.49. The number of hydrogen-bond donors (Lipinski definition) is 2. The van der Waals surface area contributed by atoms with Gasteiger partial charge in [0.15, 0.2) is 17.3 Å². The van der Waals surface area contributed by atoms with Crippen molar-refractivity contribution in [1.82, 2.24) is 0 Å². The van der Waals surface area contributed by atoms with E-state index in [0.717, 1.165) is 5.69 Å². The van der Waals surface area contributed by atoms with Crippen LogP contribution in [0.15, 0.2) is 42.5 Å². The van der Waals surface area contributed by atoms with E-state index in [-0.39, 0.29) is 11.7 Å². The maximum absolute atomic E-state index is 12.4. The van der Waals surface area contributed by atoms with Crippen LogP contribution in [0.3, 0.4) is 0 Å². The number of carbonyl (C=O) groups is 2. The molecule has 130 valence electrons. The summed E-state index contributed by atoms with van der Waals surface area (Å²) in [6, 6.07) is 11.9. The summed E-state index contributed by atoms with van der Waals surface area (Å²) in [6.45, 7) is 4.32. The summed E-state index contributed by atoms with van der Waals surface area (Å²) < 4.78 is 11.0. The standard InChI is InChI=1S/C19H20N2O4/c1-12(20-15-5-3-14(4-6-15)13(2)22)19(23)21-16-7-8-17-18(11-16)25-10-9-24-17/h3-8,11-12,20H,9-10H2,1-2H3,(H,21,23)/t12-/m0/s1. The Hall–Kier alpha value is -3.02. The van der Waals surface area contributed by atoms with Gasteiger partial charge in [0.2, 0.25) is 5.91 Å². The van der Waals surface area contributed by atoms with E-state index in [1.165, 1.54) is 6.92 Å². The predicted molar refractivity (Wildman–Crippen MR) is 95.6 cm³/mol. The van der Waals surface area contributed by atoms with Gasteiger partial charge in [-0.15, -0.1) is 0 Å². The van der Waals surface area contributed by atoms with Crippen molar-refractivity contribution in [3.63, 3.8) is 0 Å². The molecule has 0 spiro atoms. The molecule has 2 aromatic rings. The second-order valence-electron chi connectivity index (χ2n) is 5.85. The van der Waals surface area contributed by atoms with Gasteiger partial charge in [0.25, 0.3) is 0 Å². The van der Waals surface area contributed by atoms with Crippen LogP contribution in [0.2, 0.25) is 0 Å². The number of amides is 1. The first-order chi connectivity index (χ1) is 12.0. The van der Waals surface area contributed by atoms with E-state index >= 15 is 0 Å². The zero-order valence-corrected chi connectivity index (χ0v) is 14.2. The van der Waals surface area contributed by atoms with Crippen LogP contribution in [0.5, 0.6) is 11.5 Å². The molecule has 0 saturated heterocycles. The van der Waals surface area contributed by atoms with Crippen LogP contribution in [0.1, 0.15) is 24.2 Å². The van der Waals surface area contributed by atoms with E-state index in [9.17, 15) is 9.59 Å².